The molecule has 2 N–H and O–H groups in total. The second kappa shape index (κ2) is 9.55. The second-order valence-corrected chi connectivity index (χ2v) is 5.03. The molecular formula is C16H21F2IN4O. The molecule has 0 saturated heterocycles. The van der Waals surface area contributed by atoms with Crippen molar-refractivity contribution in [1.29, 1.82) is 0 Å². The highest BCUT2D eigenvalue weighted by molar-refractivity contribution is 14.0. The third kappa shape index (κ3) is 5.73. The summed E-state index contributed by atoms with van der Waals surface area (Å²) in [4.78, 5) is 8.51. The van der Waals surface area contributed by atoms with Gasteiger partial charge in [-0.3, -0.25) is 0 Å². The summed E-state index contributed by atoms with van der Waals surface area (Å²) >= 11 is 0. The summed E-state index contributed by atoms with van der Waals surface area (Å²) in [6, 6.07) is 3.32. The lowest BCUT2D eigenvalue weighted by Crippen LogP contribution is -2.36. The smallest absolute Gasteiger partial charge is 0.214 e. The lowest BCUT2D eigenvalue weighted by atomic mass is 10.2. The van der Waals surface area contributed by atoms with Gasteiger partial charge in [0, 0.05) is 12.1 Å². The number of aliphatic imine (C=N–C) groups is 1. The average molecular weight is 450 g/mol. The molecule has 1 aromatic heterocycles. The fourth-order valence-electron chi connectivity index (χ4n) is 1.94. The predicted octanol–water partition coefficient (Wildman–Crippen LogP) is 3.44. The minimum atomic E-state index is -0.486. The van der Waals surface area contributed by atoms with Crippen LogP contribution in [0.4, 0.5) is 8.78 Å². The summed E-state index contributed by atoms with van der Waals surface area (Å²) in [5.74, 6) is 0.822. The summed E-state index contributed by atoms with van der Waals surface area (Å²) < 4.78 is 32.2. The van der Waals surface area contributed by atoms with Crippen molar-refractivity contribution in [3.8, 4) is 0 Å². The Kier molecular flexibility index (Phi) is 8.09. The molecule has 24 heavy (non-hydrogen) atoms. The Bertz CT molecular complexity index is 684. The highest BCUT2D eigenvalue weighted by Gasteiger charge is 2.07. The molecular weight excluding hydrogens is 429 g/mol. The van der Waals surface area contributed by atoms with Crippen molar-refractivity contribution in [2.75, 3.05) is 6.54 Å². The van der Waals surface area contributed by atoms with E-state index in [-0.39, 0.29) is 36.1 Å². The molecule has 0 aliphatic carbocycles. The molecule has 0 aliphatic heterocycles. The van der Waals surface area contributed by atoms with Crippen LogP contribution >= 0.6 is 24.0 Å². The Balaban J connectivity index is 0.00000288. The molecule has 0 saturated carbocycles. The van der Waals surface area contributed by atoms with E-state index in [1.54, 1.807) is 0 Å². The fourth-order valence-corrected chi connectivity index (χ4v) is 1.94. The molecule has 2 rings (SSSR count). The van der Waals surface area contributed by atoms with Gasteiger partial charge >= 0.3 is 0 Å². The van der Waals surface area contributed by atoms with Crippen molar-refractivity contribution in [3.05, 3.63) is 52.7 Å². The number of nitrogens with zero attached hydrogens (tertiary/aromatic N) is 2. The van der Waals surface area contributed by atoms with E-state index in [4.69, 9.17) is 4.42 Å². The van der Waals surface area contributed by atoms with Gasteiger partial charge in [0.1, 0.15) is 17.4 Å². The summed E-state index contributed by atoms with van der Waals surface area (Å²) in [7, 11) is 0. The maximum atomic E-state index is 13.6. The van der Waals surface area contributed by atoms with Crippen LogP contribution in [0.15, 0.2) is 27.6 Å². The van der Waals surface area contributed by atoms with Gasteiger partial charge in [0.15, 0.2) is 5.96 Å². The molecule has 0 atom stereocenters. The van der Waals surface area contributed by atoms with Crippen molar-refractivity contribution in [1.82, 2.24) is 15.6 Å². The number of aryl methyl sites for hydroxylation is 2. The molecule has 1 heterocycles. The number of hydrogen-bond donors (Lipinski definition) is 2. The third-order valence-electron chi connectivity index (χ3n) is 3.24. The van der Waals surface area contributed by atoms with Crippen LogP contribution in [0.3, 0.4) is 0 Å². The Labute approximate surface area is 157 Å². The highest BCUT2D eigenvalue weighted by Crippen LogP contribution is 2.11. The molecule has 0 spiro atoms. The maximum absolute atomic E-state index is 13.6. The molecule has 1 aromatic carbocycles. The van der Waals surface area contributed by atoms with Crippen molar-refractivity contribution >= 4 is 29.9 Å². The van der Waals surface area contributed by atoms with Gasteiger partial charge in [0.2, 0.25) is 5.89 Å². The van der Waals surface area contributed by atoms with Crippen molar-refractivity contribution in [2.45, 2.75) is 33.9 Å². The summed E-state index contributed by atoms with van der Waals surface area (Å²) in [6.07, 6.45) is 0. The molecule has 0 aliphatic rings. The van der Waals surface area contributed by atoms with E-state index in [2.05, 4.69) is 20.6 Å². The number of halogens is 3. The van der Waals surface area contributed by atoms with Gasteiger partial charge in [0.25, 0.3) is 0 Å². The normalized spacial score (nSPS) is 11.1. The maximum Gasteiger partial charge on any atom is 0.214 e. The van der Waals surface area contributed by atoms with Gasteiger partial charge in [-0.05, 0) is 39.0 Å². The lowest BCUT2D eigenvalue weighted by Gasteiger charge is -2.10. The summed E-state index contributed by atoms with van der Waals surface area (Å²) in [5, 5.41) is 6.08. The predicted molar refractivity (Wildman–Crippen MR) is 99.4 cm³/mol. The summed E-state index contributed by atoms with van der Waals surface area (Å²) in [6.45, 7) is 6.65. The van der Waals surface area contributed by atoms with E-state index in [1.807, 2.05) is 20.8 Å². The van der Waals surface area contributed by atoms with Crippen LogP contribution in [-0.2, 0) is 13.1 Å². The first kappa shape index (κ1) is 20.3. The number of aromatic nitrogens is 1. The fraction of sp³-hybridized carbons (Fsp3) is 0.375. The Morgan fingerprint density at radius 1 is 1.25 bits per heavy atom. The van der Waals surface area contributed by atoms with Crippen LogP contribution in [-0.4, -0.2) is 17.5 Å². The zero-order valence-corrected chi connectivity index (χ0v) is 16.2. The minimum Gasteiger partial charge on any atom is -0.444 e. The number of benzene rings is 1. The second-order valence-electron chi connectivity index (χ2n) is 5.03. The van der Waals surface area contributed by atoms with Crippen LogP contribution in [0.25, 0.3) is 0 Å². The molecule has 0 bridgehead atoms. The van der Waals surface area contributed by atoms with E-state index in [1.165, 1.54) is 0 Å². The zero-order valence-electron chi connectivity index (χ0n) is 13.8. The Hall–Kier alpha value is -1.71. The molecule has 0 unspecified atom stereocenters. The van der Waals surface area contributed by atoms with Crippen LogP contribution in [0.2, 0.25) is 0 Å². The van der Waals surface area contributed by atoms with E-state index in [0.717, 1.165) is 29.7 Å². The number of hydrogen-bond acceptors (Lipinski definition) is 3. The van der Waals surface area contributed by atoms with E-state index in [0.29, 0.717) is 24.9 Å². The monoisotopic (exact) mass is 450 g/mol. The molecule has 0 amide bonds. The quantitative estimate of drug-likeness (QED) is 0.416. The molecule has 5 nitrogen and oxygen atoms in total. The van der Waals surface area contributed by atoms with Crippen molar-refractivity contribution in [3.63, 3.8) is 0 Å². The first-order chi connectivity index (χ1) is 11.0. The number of guanidine groups is 1. The van der Waals surface area contributed by atoms with Crippen molar-refractivity contribution < 1.29 is 13.2 Å². The Morgan fingerprint density at radius 2 is 2.00 bits per heavy atom. The van der Waals surface area contributed by atoms with Gasteiger partial charge in [-0.25, -0.2) is 18.8 Å². The molecule has 8 heteroatoms. The van der Waals surface area contributed by atoms with Crippen LogP contribution in [0.5, 0.6) is 0 Å². The zero-order chi connectivity index (χ0) is 16.8. The van der Waals surface area contributed by atoms with Gasteiger partial charge in [-0.1, -0.05) is 0 Å². The average Bonchev–Trinajstić information content (AvgIpc) is 2.84. The van der Waals surface area contributed by atoms with E-state index < -0.39 is 11.6 Å². The Morgan fingerprint density at radius 3 is 2.62 bits per heavy atom. The molecule has 0 radical (unpaired) electrons. The minimum absolute atomic E-state index is 0. The number of rotatable bonds is 5. The number of nitrogens with one attached hydrogen (secondary N) is 2. The SMILES string of the molecule is CCNC(=NCc1cc(F)ccc1F)NCc1nc(C)c(C)o1.I. The highest BCUT2D eigenvalue weighted by atomic mass is 127. The van der Waals surface area contributed by atoms with Crippen LogP contribution in [0.1, 0.15) is 29.8 Å². The topological polar surface area (TPSA) is 62.5 Å². The molecule has 2 aromatic rings. The van der Waals surface area contributed by atoms with Crippen molar-refractivity contribution in [2.24, 2.45) is 4.99 Å². The van der Waals surface area contributed by atoms with Gasteiger partial charge in [-0.2, -0.15) is 0 Å². The lowest BCUT2D eigenvalue weighted by molar-refractivity contribution is 0.463. The van der Waals surface area contributed by atoms with E-state index >= 15 is 0 Å². The largest absolute Gasteiger partial charge is 0.444 e. The summed E-state index contributed by atoms with van der Waals surface area (Å²) in [5.41, 5.74) is 1.04. The molecule has 0 fully saturated rings. The van der Waals surface area contributed by atoms with Gasteiger partial charge in [0.05, 0.1) is 18.8 Å². The van der Waals surface area contributed by atoms with Gasteiger partial charge < -0.3 is 15.1 Å². The van der Waals surface area contributed by atoms with Gasteiger partial charge in [-0.15, -0.1) is 24.0 Å². The van der Waals surface area contributed by atoms with Crippen LogP contribution in [0, 0.1) is 25.5 Å². The molecule has 132 valence electrons. The standard InChI is InChI=1S/C16H20F2N4O.HI/c1-4-19-16(21-9-15-22-10(2)11(3)23-15)20-8-12-7-13(17)5-6-14(12)18;/h5-7H,4,8-9H2,1-3H3,(H2,19,20,21);1H. The third-order valence-corrected chi connectivity index (χ3v) is 3.24. The number of oxazole rings is 1. The van der Waals surface area contributed by atoms with E-state index in [9.17, 15) is 8.78 Å². The first-order valence-corrected chi connectivity index (χ1v) is 7.38. The van der Waals surface area contributed by atoms with Crippen LogP contribution < -0.4 is 10.6 Å². The first-order valence-electron chi connectivity index (χ1n) is 7.38.